The molecule has 1 amide bonds. The van der Waals surface area contributed by atoms with Crippen LogP contribution < -0.4 is 0 Å². The summed E-state index contributed by atoms with van der Waals surface area (Å²) in [4.78, 5) is 14.7. The van der Waals surface area contributed by atoms with Gasteiger partial charge in [0.25, 0.3) is 5.91 Å². The van der Waals surface area contributed by atoms with E-state index in [4.69, 9.17) is 4.74 Å². The van der Waals surface area contributed by atoms with Gasteiger partial charge < -0.3 is 9.64 Å². The highest BCUT2D eigenvalue weighted by atomic mass is 32.2. The highest BCUT2D eigenvalue weighted by molar-refractivity contribution is 7.89. The van der Waals surface area contributed by atoms with Gasteiger partial charge in [0.15, 0.2) is 0 Å². The molecule has 1 saturated heterocycles. The molecule has 1 fully saturated rings. The first-order chi connectivity index (χ1) is 15.0. The monoisotopic (exact) mass is 440 g/mol. The van der Waals surface area contributed by atoms with E-state index in [0.29, 0.717) is 19.8 Å². The third kappa shape index (κ3) is 4.53. The number of ether oxygens (including phenoxy) is 1. The van der Waals surface area contributed by atoms with Gasteiger partial charge in [-0.25, -0.2) is 13.1 Å². The summed E-state index contributed by atoms with van der Waals surface area (Å²) in [7, 11) is -2.13. The molecule has 0 N–H and O–H groups in total. The predicted molar refractivity (Wildman–Crippen MR) is 115 cm³/mol. The van der Waals surface area contributed by atoms with Gasteiger partial charge in [-0.1, -0.05) is 30.3 Å². The smallest absolute Gasteiger partial charge is 0.255 e. The average Bonchev–Trinajstić information content (AvgIpc) is 3.28. The van der Waals surface area contributed by atoms with Crippen molar-refractivity contribution in [1.29, 1.82) is 0 Å². The van der Waals surface area contributed by atoms with Crippen molar-refractivity contribution in [3.8, 4) is 5.69 Å². The fourth-order valence-corrected chi connectivity index (χ4v) is 5.10. The Balaban J connectivity index is 1.54. The Labute approximate surface area is 181 Å². The number of aromatic nitrogens is 2. The molecule has 162 valence electrons. The number of hydrogen-bond acceptors (Lipinski definition) is 5. The van der Waals surface area contributed by atoms with Crippen molar-refractivity contribution in [2.45, 2.75) is 11.4 Å². The van der Waals surface area contributed by atoms with E-state index in [1.807, 2.05) is 36.5 Å². The molecule has 2 aromatic carbocycles. The van der Waals surface area contributed by atoms with E-state index in [1.165, 1.54) is 15.3 Å². The average molecular weight is 441 g/mol. The van der Waals surface area contributed by atoms with Crippen LogP contribution in [0.2, 0.25) is 0 Å². The molecule has 0 atom stereocenters. The van der Waals surface area contributed by atoms with E-state index in [9.17, 15) is 13.2 Å². The van der Waals surface area contributed by atoms with Crippen LogP contribution in [-0.4, -0.2) is 66.7 Å². The number of nitrogens with zero attached hydrogens (tertiary/aromatic N) is 4. The molecule has 0 radical (unpaired) electrons. The second-order valence-electron chi connectivity index (χ2n) is 7.30. The fraction of sp³-hybridized carbons (Fsp3) is 0.273. The second-order valence-corrected chi connectivity index (χ2v) is 9.21. The molecule has 31 heavy (non-hydrogen) atoms. The van der Waals surface area contributed by atoms with E-state index < -0.39 is 10.0 Å². The summed E-state index contributed by atoms with van der Waals surface area (Å²) in [6, 6.07) is 16.0. The lowest BCUT2D eigenvalue weighted by Crippen LogP contribution is -2.41. The Hall–Kier alpha value is -3.01. The number of amides is 1. The zero-order chi connectivity index (χ0) is 21.8. The van der Waals surface area contributed by atoms with E-state index in [2.05, 4.69) is 5.10 Å². The third-order valence-electron chi connectivity index (χ3n) is 5.13. The molecule has 0 unspecified atom stereocenters. The van der Waals surface area contributed by atoms with Crippen LogP contribution in [0.25, 0.3) is 5.69 Å². The lowest BCUT2D eigenvalue weighted by molar-refractivity contribution is 0.0727. The zero-order valence-corrected chi connectivity index (χ0v) is 18.0. The normalized spacial score (nSPS) is 15.0. The van der Waals surface area contributed by atoms with Gasteiger partial charge in [-0.05, 0) is 24.3 Å². The number of para-hydroxylation sites is 1. The van der Waals surface area contributed by atoms with Crippen molar-refractivity contribution < 1.29 is 17.9 Å². The summed E-state index contributed by atoms with van der Waals surface area (Å²) in [5.41, 5.74) is 1.92. The van der Waals surface area contributed by atoms with Crippen molar-refractivity contribution in [3.63, 3.8) is 0 Å². The first kappa shape index (κ1) is 21.2. The topological polar surface area (TPSA) is 84.7 Å². The maximum Gasteiger partial charge on any atom is 0.255 e. The maximum absolute atomic E-state index is 13.2. The molecule has 2 heterocycles. The summed E-state index contributed by atoms with van der Waals surface area (Å²) < 4.78 is 34.6. The fourth-order valence-electron chi connectivity index (χ4n) is 3.51. The van der Waals surface area contributed by atoms with Crippen LogP contribution in [0.3, 0.4) is 0 Å². The summed E-state index contributed by atoms with van der Waals surface area (Å²) in [5.74, 6) is -0.361. The molecule has 4 rings (SSSR count). The summed E-state index contributed by atoms with van der Waals surface area (Å²) >= 11 is 0. The molecule has 1 aliphatic heterocycles. The Bertz CT molecular complexity index is 1160. The molecule has 1 aromatic heterocycles. The lowest BCUT2D eigenvalue weighted by atomic mass is 10.2. The second kappa shape index (κ2) is 9.01. The Morgan fingerprint density at radius 1 is 1.06 bits per heavy atom. The molecule has 0 aliphatic carbocycles. The first-order valence-electron chi connectivity index (χ1n) is 9.98. The Kier molecular flexibility index (Phi) is 6.17. The highest BCUT2D eigenvalue weighted by Crippen LogP contribution is 2.23. The molecule has 1 aliphatic rings. The van der Waals surface area contributed by atoms with Gasteiger partial charge in [0.1, 0.15) is 0 Å². The first-order valence-corrected chi connectivity index (χ1v) is 11.4. The van der Waals surface area contributed by atoms with Gasteiger partial charge in [0.2, 0.25) is 10.0 Å². The summed E-state index contributed by atoms with van der Waals surface area (Å²) in [5, 5.41) is 4.35. The van der Waals surface area contributed by atoms with Crippen LogP contribution >= 0.6 is 0 Å². The van der Waals surface area contributed by atoms with Crippen molar-refractivity contribution >= 4 is 15.9 Å². The van der Waals surface area contributed by atoms with Crippen molar-refractivity contribution in [1.82, 2.24) is 19.0 Å². The van der Waals surface area contributed by atoms with Crippen molar-refractivity contribution in [2.75, 3.05) is 33.4 Å². The lowest BCUT2D eigenvalue weighted by Gasteiger charge is -2.27. The summed E-state index contributed by atoms with van der Waals surface area (Å²) in [6.45, 7) is 1.55. The van der Waals surface area contributed by atoms with Crippen LogP contribution in [0.1, 0.15) is 15.9 Å². The summed E-state index contributed by atoms with van der Waals surface area (Å²) in [6.07, 6.45) is 3.56. The minimum Gasteiger partial charge on any atom is -0.379 e. The minimum absolute atomic E-state index is 0.0220. The highest BCUT2D eigenvalue weighted by Gasteiger charge is 2.30. The third-order valence-corrected chi connectivity index (χ3v) is 7.09. The standard InChI is InChI=1S/C22H24N4O4S/c1-24(16-18-15-23-26(17-18)19-7-3-2-4-8-19)22(27)20-9-5-6-10-21(20)31(28,29)25-11-13-30-14-12-25/h2-10,15,17H,11-14,16H2,1H3. The molecule has 0 saturated carbocycles. The van der Waals surface area contributed by atoms with Crippen molar-refractivity contribution in [2.24, 2.45) is 0 Å². The van der Waals surface area contributed by atoms with E-state index in [0.717, 1.165) is 11.3 Å². The van der Waals surface area contributed by atoms with E-state index >= 15 is 0 Å². The maximum atomic E-state index is 13.2. The van der Waals surface area contributed by atoms with Gasteiger partial charge in [0.05, 0.1) is 35.6 Å². The van der Waals surface area contributed by atoms with Crippen LogP contribution in [0, 0.1) is 0 Å². The number of morpholine rings is 1. The molecule has 9 heteroatoms. The quantitative estimate of drug-likeness (QED) is 0.587. The molecule has 0 spiro atoms. The van der Waals surface area contributed by atoms with Gasteiger partial charge in [-0.2, -0.15) is 9.40 Å². The number of carbonyl (C=O) groups is 1. The van der Waals surface area contributed by atoms with Gasteiger partial charge >= 0.3 is 0 Å². The number of carbonyl (C=O) groups excluding carboxylic acids is 1. The van der Waals surface area contributed by atoms with Gasteiger partial charge in [-0.3, -0.25) is 4.79 Å². The largest absolute Gasteiger partial charge is 0.379 e. The van der Waals surface area contributed by atoms with Crippen LogP contribution in [-0.2, 0) is 21.3 Å². The Morgan fingerprint density at radius 3 is 2.48 bits per heavy atom. The molecular weight excluding hydrogens is 416 g/mol. The molecule has 0 bridgehead atoms. The number of rotatable bonds is 6. The SMILES string of the molecule is CN(Cc1cnn(-c2ccccc2)c1)C(=O)c1ccccc1S(=O)(=O)N1CCOCC1. The van der Waals surface area contributed by atoms with E-state index in [1.54, 1.807) is 36.1 Å². The number of benzene rings is 2. The zero-order valence-electron chi connectivity index (χ0n) is 17.2. The van der Waals surface area contributed by atoms with Crippen LogP contribution in [0.15, 0.2) is 71.9 Å². The van der Waals surface area contributed by atoms with Crippen LogP contribution in [0.5, 0.6) is 0 Å². The number of sulfonamides is 1. The van der Waals surface area contributed by atoms with Crippen molar-refractivity contribution in [3.05, 3.63) is 78.1 Å². The molecular formula is C22H24N4O4S. The van der Waals surface area contributed by atoms with Gasteiger partial charge in [-0.15, -0.1) is 0 Å². The van der Waals surface area contributed by atoms with E-state index in [-0.39, 0.29) is 29.5 Å². The van der Waals surface area contributed by atoms with Crippen LogP contribution in [0.4, 0.5) is 0 Å². The molecule has 8 nitrogen and oxygen atoms in total. The molecule has 3 aromatic rings. The number of hydrogen-bond donors (Lipinski definition) is 0. The minimum atomic E-state index is -3.79. The predicted octanol–water partition coefficient (Wildman–Crippen LogP) is 2.17. The van der Waals surface area contributed by atoms with Gasteiger partial charge in [0, 0.05) is 38.4 Å². The Morgan fingerprint density at radius 2 is 1.74 bits per heavy atom.